The Hall–Kier alpha value is -2.44. The van der Waals surface area contributed by atoms with Crippen LogP contribution >= 0.6 is 0 Å². The Bertz CT molecular complexity index is 550. The Morgan fingerprint density at radius 1 is 1.41 bits per heavy atom. The van der Waals surface area contributed by atoms with E-state index in [-0.39, 0.29) is 23.9 Å². The summed E-state index contributed by atoms with van der Waals surface area (Å²) in [6, 6.07) is 5.76. The summed E-state index contributed by atoms with van der Waals surface area (Å²) in [5.74, 6) is -0.354. The summed E-state index contributed by atoms with van der Waals surface area (Å²) in [4.78, 5) is 9.96. The standard InChI is InChI=1S/C10H9FN4O2/c11-8-3-1-7(2-4-8)6-14-10(12)9(5-13-14)15(16)17/h1-5H,6,12H2. The third-order valence-corrected chi connectivity index (χ3v) is 2.30. The molecule has 0 saturated heterocycles. The molecule has 0 radical (unpaired) electrons. The summed E-state index contributed by atoms with van der Waals surface area (Å²) in [6.07, 6.45) is 1.10. The minimum Gasteiger partial charge on any atom is -0.378 e. The van der Waals surface area contributed by atoms with E-state index in [4.69, 9.17) is 5.73 Å². The van der Waals surface area contributed by atoms with Gasteiger partial charge in [0.25, 0.3) is 0 Å². The van der Waals surface area contributed by atoms with Crippen LogP contribution < -0.4 is 5.73 Å². The number of nitrogens with two attached hydrogens (primary N) is 1. The lowest BCUT2D eigenvalue weighted by Gasteiger charge is -2.03. The fourth-order valence-corrected chi connectivity index (χ4v) is 1.41. The molecular weight excluding hydrogens is 227 g/mol. The topological polar surface area (TPSA) is 87.0 Å². The van der Waals surface area contributed by atoms with Gasteiger partial charge in [0.05, 0.1) is 11.5 Å². The fraction of sp³-hybridized carbons (Fsp3) is 0.100. The van der Waals surface area contributed by atoms with E-state index in [1.54, 1.807) is 12.1 Å². The number of aromatic nitrogens is 2. The zero-order valence-corrected chi connectivity index (χ0v) is 8.71. The second-order valence-corrected chi connectivity index (χ2v) is 3.46. The Morgan fingerprint density at radius 2 is 2.06 bits per heavy atom. The second-order valence-electron chi connectivity index (χ2n) is 3.46. The first-order valence-electron chi connectivity index (χ1n) is 4.78. The van der Waals surface area contributed by atoms with Crippen LogP contribution in [0.5, 0.6) is 0 Å². The molecule has 0 aliphatic rings. The van der Waals surface area contributed by atoms with Gasteiger partial charge in [-0.1, -0.05) is 12.1 Å². The molecule has 0 unspecified atom stereocenters. The third-order valence-electron chi connectivity index (χ3n) is 2.30. The molecule has 0 atom stereocenters. The Morgan fingerprint density at radius 3 is 2.59 bits per heavy atom. The molecule has 0 bridgehead atoms. The van der Waals surface area contributed by atoms with Crippen LogP contribution in [-0.2, 0) is 6.54 Å². The number of nitrogens with zero attached hydrogens (tertiary/aromatic N) is 3. The number of hydrogen-bond donors (Lipinski definition) is 1. The molecule has 2 N–H and O–H groups in total. The van der Waals surface area contributed by atoms with Crippen LogP contribution in [0.3, 0.4) is 0 Å². The average molecular weight is 236 g/mol. The van der Waals surface area contributed by atoms with Gasteiger partial charge < -0.3 is 5.73 Å². The first-order chi connectivity index (χ1) is 8.08. The van der Waals surface area contributed by atoms with E-state index in [2.05, 4.69) is 5.10 Å². The third kappa shape index (κ3) is 2.22. The molecule has 1 heterocycles. The van der Waals surface area contributed by atoms with Gasteiger partial charge in [0, 0.05) is 0 Å². The molecule has 0 saturated carbocycles. The monoisotopic (exact) mass is 236 g/mol. The number of nitro groups is 1. The van der Waals surface area contributed by atoms with Crippen molar-refractivity contribution in [3.05, 3.63) is 52.0 Å². The zero-order valence-electron chi connectivity index (χ0n) is 8.71. The van der Waals surface area contributed by atoms with Gasteiger partial charge in [-0.3, -0.25) is 10.1 Å². The highest BCUT2D eigenvalue weighted by molar-refractivity contribution is 5.51. The Kier molecular flexibility index (Phi) is 2.73. The van der Waals surface area contributed by atoms with Crippen LogP contribution in [0, 0.1) is 15.9 Å². The maximum atomic E-state index is 12.7. The SMILES string of the molecule is Nc1c([N+](=O)[O-])cnn1Cc1ccc(F)cc1. The minimum absolute atomic E-state index is 0.0145. The fourth-order valence-electron chi connectivity index (χ4n) is 1.41. The van der Waals surface area contributed by atoms with Gasteiger partial charge >= 0.3 is 5.69 Å². The van der Waals surface area contributed by atoms with Crippen LogP contribution in [-0.4, -0.2) is 14.7 Å². The number of benzene rings is 1. The van der Waals surface area contributed by atoms with Crippen molar-refractivity contribution in [3.8, 4) is 0 Å². The highest BCUT2D eigenvalue weighted by Gasteiger charge is 2.17. The van der Waals surface area contributed by atoms with E-state index in [1.807, 2.05) is 0 Å². The van der Waals surface area contributed by atoms with Gasteiger partial charge in [0.1, 0.15) is 12.0 Å². The van der Waals surface area contributed by atoms with E-state index < -0.39 is 4.92 Å². The van der Waals surface area contributed by atoms with Crippen molar-refractivity contribution in [2.75, 3.05) is 5.73 Å². The van der Waals surface area contributed by atoms with Crippen molar-refractivity contribution in [1.29, 1.82) is 0 Å². The average Bonchev–Trinajstić information content (AvgIpc) is 2.64. The van der Waals surface area contributed by atoms with Gasteiger partial charge in [-0.2, -0.15) is 5.10 Å². The summed E-state index contributed by atoms with van der Waals surface area (Å²) in [7, 11) is 0. The molecule has 0 spiro atoms. The van der Waals surface area contributed by atoms with E-state index in [0.29, 0.717) is 0 Å². The number of rotatable bonds is 3. The Balaban J connectivity index is 2.24. The molecule has 0 fully saturated rings. The van der Waals surface area contributed by atoms with Gasteiger partial charge in [0.2, 0.25) is 5.82 Å². The normalized spacial score (nSPS) is 10.4. The molecule has 0 aliphatic carbocycles. The summed E-state index contributed by atoms with van der Waals surface area (Å²) in [5.41, 5.74) is 6.10. The van der Waals surface area contributed by atoms with Gasteiger partial charge in [-0.25, -0.2) is 9.07 Å². The van der Waals surface area contributed by atoms with E-state index in [9.17, 15) is 14.5 Å². The van der Waals surface area contributed by atoms with Gasteiger partial charge in [-0.15, -0.1) is 0 Å². The van der Waals surface area contributed by atoms with Crippen LogP contribution in [0.1, 0.15) is 5.56 Å². The number of nitrogen functional groups attached to an aromatic ring is 1. The van der Waals surface area contributed by atoms with Crippen molar-refractivity contribution in [2.45, 2.75) is 6.54 Å². The quantitative estimate of drug-likeness (QED) is 0.647. The molecule has 1 aromatic carbocycles. The molecular formula is C10H9FN4O2. The maximum Gasteiger partial charge on any atom is 0.330 e. The molecule has 6 nitrogen and oxygen atoms in total. The Labute approximate surface area is 95.6 Å². The highest BCUT2D eigenvalue weighted by atomic mass is 19.1. The predicted molar refractivity (Wildman–Crippen MR) is 58.8 cm³/mol. The first kappa shape index (κ1) is 11.1. The molecule has 0 amide bonds. The summed E-state index contributed by atoms with van der Waals surface area (Å²) >= 11 is 0. The van der Waals surface area contributed by atoms with Crippen LogP contribution in [0.4, 0.5) is 15.9 Å². The second kappa shape index (κ2) is 4.20. The highest BCUT2D eigenvalue weighted by Crippen LogP contribution is 2.20. The van der Waals surface area contributed by atoms with Crippen LogP contribution in [0.2, 0.25) is 0 Å². The van der Waals surface area contributed by atoms with E-state index in [1.165, 1.54) is 16.8 Å². The summed E-state index contributed by atoms with van der Waals surface area (Å²) in [6.45, 7) is 0.264. The molecule has 2 aromatic rings. The zero-order chi connectivity index (χ0) is 12.4. The van der Waals surface area contributed by atoms with Crippen molar-refractivity contribution in [3.63, 3.8) is 0 Å². The smallest absolute Gasteiger partial charge is 0.330 e. The summed E-state index contributed by atoms with van der Waals surface area (Å²) in [5, 5.41) is 14.4. The van der Waals surface area contributed by atoms with E-state index >= 15 is 0 Å². The molecule has 88 valence electrons. The molecule has 1 aromatic heterocycles. The molecule has 0 aliphatic heterocycles. The van der Waals surface area contributed by atoms with E-state index in [0.717, 1.165) is 11.8 Å². The van der Waals surface area contributed by atoms with Crippen LogP contribution in [0.15, 0.2) is 30.5 Å². The van der Waals surface area contributed by atoms with Crippen LogP contribution in [0.25, 0.3) is 0 Å². The maximum absolute atomic E-state index is 12.7. The lowest BCUT2D eigenvalue weighted by molar-refractivity contribution is -0.384. The summed E-state index contributed by atoms with van der Waals surface area (Å²) < 4.78 is 14.0. The van der Waals surface area contributed by atoms with Crippen molar-refractivity contribution < 1.29 is 9.31 Å². The van der Waals surface area contributed by atoms with Crippen molar-refractivity contribution in [1.82, 2.24) is 9.78 Å². The molecule has 7 heteroatoms. The first-order valence-corrected chi connectivity index (χ1v) is 4.78. The number of hydrogen-bond acceptors (Lipinski definition) is 4. The predicted octanol–water partition coefficient (Wildman–Crippen LogP) is 1.56. The van der Waals surface area contributed by atoms with Gasteiger partial charge in [-0.05, 0) is 17.7 Å². The number of anilines is 1. The van der Waals surface area contributed by atoms with Crippen molar-refractivity contribution in [2.24, 2.45) is 0 Å². The lowest BCUT2D eigenvalue weighted by Crippen LogP contribution is -2.06. The lowest BCUT2D eigenvalue weighted by atomic mass is 10.2. The van der Waals surface area contributed by atoms with Gasteiger partial charge in [0.15, 0.2) is 0 Å². The van der Waals surface area contributed by atoms with Crippen molar-refractivity contribution >= 4 is 11.5 Å². The minimum atomic E-state index is -0.594. The largest absolute Gasteiger partial charge is 0.378 e. The number of halogens is 1. The molecule has 17 heavy (non-hydrogen) atoms. The molecule has 2 rings (SSSR count).